The highest BCUT2D eigenvalue weighted by Crippen LogP contribution is 2.35. The molecular formula is C14H15ClN2O3S. The minimum atomic E-state index is -0.715. The maximum Gasteiger partial charge on any atom is 0.325 e. The molecule has 0 saturated carbocycles. The molecule has 112 valence electrons. The van der Waals surface area contributed by atoms with E-state index in [1.54, 1.807) is 37.1 Å². The summed E-state index contributed by atoms with van der Waals surface area (Å²) in [6.07, 6.45) is 0.686. The van der Waals surface area contributed by atoms with Crippen LogP contribution in [0.1, 0.15) is 12.0 Å². The molecule has 2 saturated heterocycles. The molecule has 2 aliphatic rings. The number of hydrogen-bond donors (Lipinski definition) is 1. The third-order valence-corrected chi connectivity index (χ3v) is 5.26. The number of thioether (sulfide) groups is 1. The molecule has 0 radical (unpaired) electrons. The van der Waals surface area contributed by atoms with Gasteiger partial charge in [0.25, 0.3) is 5.91 Å². The Hall–Kier alpha value is -1.40. The minimum absolute atomic E-state index is 0.153. The van der Waals surface area contributed by atoms with Crippen LogP contribution in [-0.2, 0) is 11.3 Å². The van der Waals surface area contributed by atoms with Crippen molar-refractivity contribution in [1.82, 2.24) is 10.2 Å². The van der Waals surface area contributed by atoms with Crippen molar-refractivity contribution in [3.63, 3.8) is 0 Å². The number of rotatable bonds is 3. The Kier molecular flexibility index (Phi) is 3.75. The molecule has 2 heterocycles. The molecule has 2 aliphatic heterocycles. The Morgan fingerprint density at radius 3 is 2.95 bits per heavy atom. The molecule has 1 spiro atoms. The quantitative estimate of drug-likeness (QED) is 0.866. The first-order valence-corrected chi connectivity index (χ1v) is 8.13. The topological polar surface area (TPSA) is 58.6 Å². The number of carbonyl (C=O) groups excluding carboxylic acids is 2. The molecule has 3 amide bonds. The van der Waals surface area contributed by atoms with Crippen molar-refractivity contribution in [2.24, 2.45) is 0 Å². The number of hydrogen-bond acceptors (Lipinski definition) is 4. The van der Waals surface area contributed by atoms with E-state index in [1.165, 1.54) is 4.90 Å². The van der Waals surface area contributed by atoms with E-state index < -0.39 is 5.54 Å². The summed E-state index contributed by atoms with van der Waals surface area (Å²) in [6.45, 7) is 0.167. The van der Waals surface area contributed by atoms with Gasteiger partial charge in [-0.25, -0.2) is 4.79 Å². The summed E-state index contributed by atoms with van der Waals surface area (Å²) >= 11 is 7.68. The monoisotopic (exact) mass is 326 g/mol. The van der Waals surface area contributed by atoms with Gasteiger partial charge in [-0.15, -0.1) is 0 Å². The molecule has 3 rings (SSSR count). The van der Waals surface area contributed by atoms with Crippen molar-refractivity contribution in [1.29, 1.82) is 0 Å². The summed E-state index contributed by atoms with van der Waals surface area (Å²) in [5.74, 6) is 1.99. The van der Waals surface area contributed by atoms with E-state index in [0.29, 0.717) is 22.9 Å². The van der Waals surface area contributed by atoms with Crippen LogP contribution in [0.5, 0.6) is 5.75 Å². The maximum absolute atomic E-state index is 12.6. The van der Waals surface area contributed by atoms with Gasteiger partial charge >= 0.3 is 6.03 Å². The van der Waals surface area contributed by atoms with Crippen LogP contribution in [-0.4, -0.2) is 41.0 Å². The molecule has 0 aliphatic carbocycles. The number of nitrogens with one attached hydrogen (secondary N) is 1. The average Bonchev–Trinajstić information content (AvgIpc) is 3.01. The van der Waals surface area contributed by atoms with Gasteiger partial charge in [0.1, 0.15) is 11.3 Å². The normalized spacial score (nSPS) is 24.8. The Morgan fingerprint density at radius 1 is 1.48 bits per heavy atom. The van der Waals surface area contributed by atoms with Crippen LogP contribution in [0.25, 0.3) is 0 Å². The summed E-state index contributed by atoms with van der Waals surface area (Å²) in [4.78, 5) is 26.0. The number of imide groups is 1. The molecule has 1 N–H and O–H groups in total. The largest absolute Gasteiger partial charge is 0.496 e. The average molecular weight is 327 g/mol. The van der Waals surface area contributed by atoms with Crippen molar-refractivity contribution in [2.45, 2.75) is 18.5 Å². The van der Waals surface area contributed by atoms with Gasteiger partial charge in [-0.3, -0.25) is 9.69 Å². The fourth-order valence-corrected chi connectivity index (χ4v) is 4.21. The third kappa shape index (κ3) is 2.46. The number of amides is 3. The number of ether oxygens (including phenoxy) is 1. The third-order valence-electron chi connectivity index (χ3n) is 3.84. The first-order valence-electron chi connectivity index (χ1n) is 6.60. The van der Waals surface area contributed by atoms with Gasteiger partial charge in [-0.2, -0.15) is 11.8 Å². The summed E-state index contributed by atoms with van der Waals surface area (Å²) in [5.41, 5.74) is 0.00398. The Balaban J connectivity index is 1.86. The predicted octanol–water partition coefficient (Wildman–Crippen LogP) is 2.28. The minimum Gasteiger partial charge on any atom is -0.496 e. The number of urea groups is 1. The summed E-state index contributed by atoms with van der Waals surface area (Å²) in [5, 5.41) is 3.39. The van der Waals surface area contributed by atoms with Crippen molar-refractivity contribution >= 4 is 35.3 Å². The highest BCUT2D eigenvalue weighted by Gasteiger charge is 2.52. The molecular weight excluding hydrogens is 312 g/mol. The van der Waals surface area contributed by atoms with Crippen LogP contribution < -0.4 is 10.1 Å². The van der Waals surface area contributed by atoms with Gasteiger partial charge in [0, 0.05) is 16.3 Å². The molecule has 0 bridgehead atoms. The van der Waals surface area contributed by atoms with Crippen LogP contribution in [0.3, 0.4) is 0 Å². The predicted molar refractivity (Wildman–Crippen MR) is 81.8 cm³/mol. The van der Waals surface area contributed by atoms with E-state index in [-0.39, 0.29) is 18.5 Å². The zero-order valence-electron chi connectivity index (χ0n) is 11.5. The van der Waals surface area contributed by atoms with E-state index in [2.05, 4.69) is 5.32 Å². The smallest absolute Gasteiger partial charge is 0.325 e. The van der Waals surface area contributed by atoms with Crippen LogP contribution in [0.4, 0.5) is 4.79 Å². The SMILES string of the molecule is COc1ccc(Cl)cc1CN1C(=O)N[C@]2(CCSC2)C1=O. The van der Waals surface area contributed by atoms with Crippen molar-refractivity contribution in [3.8, 4) is 5.75 Å². The maximum atomic E-state index is 12.6. The van der Waals surface area contributed by atoms with Crippen molar-refractivity contribution in [3.05, 3.63) is 28.8 Å². The van der Waals surface area contributed by atoms with Crippen LogP contribution >= 0.6 is 23.4 Å². The lowest BCUT2D eigenvalue weighted by Gasteiger charge is -2.20. The number of benzene rings is 1. The van der Waals surface area contributed by atoms with Crippen LogP contribution in [0, 0.1) is 0 Å². The second-order valence-electron chi connectivity index (χ2n) is 5.16. The number of nitrogens with zero attached hydrogens (tertiary/aromatic N) is 1. The van der Waals surface area contributed by atoms with Crippen LogP contribution in [0.2, 0.25) is 5.02 Å². The summed E-state index contributed by atoms with van der Waals surface area (Å²) in [6, 6.07) is 4.82. The van der Waals surface area contributed by atoms with E-state index in [9.17, 15) is 9.59 Å². The fourth-order valence-electron chi connectivity index (χ4n) is 2.69. The van der Waals surface area contributed by atoms with Crippen molar-refractivity contribution < 1.29 is 14.3 Å². The van der Waals surface area contributed by atoms with E-state index in [4.69, 9.17) is 16.3 Å². The molecule has 0 aromatic heterocycles. The number of methoxy groups -OCH3 is 1. The van der Waals surface area contributed by atoms with Gasteiger partial charge in [0.2, 0.25) is 0 Å². The van der Waals surface area contributed by atoms with Gasteiger partial charge in [-0.1, -0.05) is 11.6 Å². The Morgan fingerprint density at radius 2 is 2.29 bits per heavy atom. The second kappa shape index (κ2) is 5.42. The highest BCUT2D eigenvalue weighted by atomic mass is 35.5. The molecule has 7 heteroatoms. The second-order valence-corrected chi connectivity index (χ2v) is 6.70. The molecule has 1 atom stereocenters. The summed E-state index contributed by atoms with van der Waals surface area (Å²) < 4.78 is 5.27. The zero-order chi connectivity index (χ0) is 15.0. The molecule has 2 fully saturated rings. The molecule has 21 heavy (non-hydrogen) atoms. The van der Waals surface area contributed by atoms with Gasteiger partial charge in [0.05, 0.1) is 13.7 Å². The van der Waals surface area contributed by atoms with E-state index in [1.807, 2.05) is 0 Å². The highest BCUT2D eigenvalue weighted by molar-refractivity contribution is 7.99. The first-order chi connectivity index (χ1) is 10.1. The lowest BCUT2D eigenvalue weighted by molar-refractivity contribution is -0.130. The first kappa shape index (κ1) is 14.5. The summed E-state index contributed by atoms with van der Waals surface area (Å²) in [7, 11) is 1.55. The molecule has 1 aromatic rings. The molecule has 0 unspecified atom stereocenters. The lowest BCUT2D eigenvalue weighted by atomic mass is 9.99. The number of halogens is 1. The van der Waals surface area contributed by atoms with E-state index in [0.717, 1.165) is 11.3 Å². The van der Waals surface area contributed by atoms with Gasteiger partial charge in [-0.05, 0) is 30.4 Å². The standard InChI is InChI=1S/C14H15ClN2O3S/c1-20-11-3-2-10(15)6-9(11)7-17-12(18)14(16-13(17)19)4-5-21-8-14/h2-3,6H,4-5,7-8H2,1H3,(H,16,19)/t14-/m0/s1. The number of carbonyl (C=O) groups is 2. The molecule has 1 aromatic carbocycles. The van der Waals surface area contributed by atoms with Gasteiger partial charge < -0.3 is 10.1 Å². The Bertz CT molecular complexity index is 602. The molecule has 5 nitrogen and oxygen atoms in total. The van der Waals surface area contributed by atoms with Crippen LogP contribution in [0.15, 0.2) is 18.2 Å². The lowest BCUT2D eigenvalue weighted by Crippen LogP contribution is -2.46. The zero-order valence-corrected chi connectivity index (χ0v) is 13.1. The van der Waals surface area contributed by atoms with E-state index >= 15 is 0 Å². The Labute approximate surface area is 132 Å². The van der Waals surface area contributed by atoms with Crippen molar-refractivity contribution in [2.75, 3.05) is 18.6 Å². The fraction of sp³-hybridized carbons (Fsp3) is 0.429. The van der Waals surface area contributed by atoms with Gasteiger partial charge in [0.15, 0.2) is 0 Å².